The molecule has 4 rings (SSSR count). The number of hydrogen-bond acceptors (Lipinski definition) is 6. The molecular formula is C31H33FN4O5S. The molecule has 0 aliphatic heterocycles. The van der Waals surface area contributed by atoms with E-state index in [1.807, 2.05) is 33.8 Å². The molecule has 0 unspecified atom stereocenters. The molecule has 0 saturated heterocycles. The number of amides is 1. The Morgan fingerprint density at radius 2 is 1.64 bits per heavy atom. The van der Waals surface area contributed by atoms with Gasteiger partial charge in [0, 0.05) is 28.7 Å². The number of aromatic nitrogens is 1. The lowest BCUT2D eigenvalue weighted by Gasteiger charge is -2.24. The molecule has 0 aliphatic carbocycles. The fourth-order valence-electron chi connectivity index (χ4n) is 4.62. The number of aryl methyl sites for hydroxylation is 3. The smallest absolute Gasteiger partial charge is 0.264 e. The van der Waals surface area contributed by atoms with Crippen molar-refractivity contribution in [2.75, 3.05) is 25.1 Å². The van der Waals surface area contributed by atoms with Crippen molar-refractivity contribution in [1.82, 2.24) is 9.99 Å². The highest BCUT2D eigenvalue weighted by molar-refractivity contribution is 7.92. The summed E-state index contributed by atoms with van der Waals surface area (Å²) in [5.74, 6) is -0.698. The van der Waals surface area contributed by atoms with Crippen molar-refractivity contribution in [1.29, 1.82) is 0 Å². The largest absolute Gasteiger partial charge is 0.493 e. The third-order valence-corrected chi connectivity index (χ3v) is 8.58. The van der Waals surface area contributed by atoms with Crippen molar-refractivity contribution in [3.05, 3.63) is 101 Å². The van der Waals surface area contributed by atoms with E-state index in [2.05, 4.69) is 33.3 Å². The molecule has 9 nitrogen and oxygen atoms in total. The number of nitrogens with zero attached hydrogens (tertiary/aromatic N) is 3. The van der Waals surface area contributed by atoms with Crippen molar-refractivity contribution >= 4 is 27.8 Å². The standard InChI is InChI=1S/C31H33FN4O5S/c1-20-7-8-21(2)28(15-20)36-22(3)16-24(23(36)4)18-33-34-31(37)19-35(26-11-9-25(32)10-12-26)42(38,39)27-13-14-29(40-5)30(17-27)41-6/h7-18H,19H2,1-6H3,(H,34,37)/b33-18-. The summed E-state index contributed by atoms with van der Waals surface area (Å²) >= 11 is 0. The Bertz CT molecular complexity index is 1750. The number of sulfonamides is 1. The summed E-state index contributed by atoms with van der Waals surface area (Å²) in [6.07, 6.45) is 1.52. The van der Waals surface area contributed by atoms with Crippen LogP contribution in [0.15, 0.2) is 76.7 Å². The average molecular weight is 593 g/mol. The molecule has 1 aromatic heterocycles. The minimum absolute atomic E-state index is 0.0994. The molecule has 1 N–H and O–H groups in total. The Hall–Kier alpha value is -4.64. The summed E-state index contributed by atoms with van der Waals surface area (Å²) in [6, 6.07) is 17.1. The minimum Gasteiger partial charge on any atom is -0.493 e. The lowest BCUT2D eigenvalue weighted by atomic mass is 10.1. The van der Waals surface area contributed by atoms with Gasteiger partial charge in [-0.3, -0.25) is 9.10 Å². The Morgan fingerprint density at radius 3 is 2.31 bits per heavy atom. The number of halogens is 1. The Balaban J connectivity index is 1.59. The molecule has 1 amide bonds. The van der Waals surface area contributed by atoms with Gasteiger partial charge in [-0.2, -0.15) is 5.10 Å². The number of nitrogens with one attached hydrogen (secondary N) is 1. The van der Waals surface area contributed by atoms with Gasteiger partial charge in [-0.05, 0) is 87.4 Å². The fourth-order valence-corrected chi connectivity index (χ4v) is 6.05. The molecule has 0 aliphatic rings. The van der Waals surface area contributed by atoms with Gasteiger partial charge >= 0.3 is 0 Å². The summed E-state index contributed by atoms with van der Waals surface area (Å²) in [7, 11) is -1.47. The zero-order valence-corrected chi connectivity index (χ0v) is 25.1. The van der Waals surface area contributed by atoms with E-state index in [4.69, 9.17) is 9.47 Å². The van der Waals surface area contributed by atoms with E-state index >= 15 is 0 Å². The minimum atomic E-state index is -4.28. The molecule has 0 saturated carbocycles. The van der Waals surface area contributed by atoms with Gasteiger partial charge in [0.2, 0.25) is 0 Å². The number of hydrazone groups is 1. The van der Waals surface area contributed by atoms with Crippen LogP contribution in [-0.4, -0.2) is 45.9 Å². The summed E-state index contributed by atoms with van der Waals surface area (Å²) in [6.45, 7) is 7.43. The second-order valence-electron chi connectivity index (χ2n) is 9.75. The van der Waals surface area contributed by atoms with Gasteiger partial charge < -0.3 is 14.0 Å². The summed E-state index contributed by atoms with van der Waals surface area (Å²) < 4.78 is 54.5. The van der Waals surface area contributed by atoms with E-state index in [1.165, 1.54) is 50.8 Å². The zero-order valence-electron chi connectivity index (χ0n) is 24.3. The van der Waals surface area contributed by atoms with Gasteiger partial charge in [0.1, 0.15) is 12.4 Å². The van der Waals surface area contributed by atoms with E-state index in [-0.39, 0.29) is 16.3 Å². The Kier molecular flexibility index (Phi) is 9.01. The third kappa shape index (κ3) is 6.31. The molecule has 3 aromatic carbocycles. The number of rotatable bonds is 10. The van der Waals surface area contributed by atoms with Crippen LogP contribution in [0, 0.1) is 33.5 Å². The van der Waals surface area contributed by atoms with Gasteiger partial charge in [0.15, 0.2) is 11.5 Å². The Morgan fingerprint density at radius 1 is 0.952 bits per heavy atom. The number of carbonyl (C=O) groups is 1. The highest BCUT2D eigenvalue weighted by atomic mass is 32.2. The lowest BCUT2D eigenvalue weighted by molar-refractivity contribution is -0.119. The molecule has 11 heteroatoms. The molecule has 0 bridgehead atoms. The van der Waals surface area contributed by atoms with Crippen molar-refractivity contribution in [2.24, 2.45) is 5.10 Å². The average Bonchev–Trinajstić information content (AvgIpc) is 3.25. The monoisotopic (exact) mass is 592 g/mol. The summed E-state index contributed by atoms with van der Waals surface area (Å²) in [4.78, 5) is 12.9. The number of carbonyl (C=O) groups excluding carboxylic acids is 1. The molecule has 0 spiro atoms. The maximum atomic E-state index is 13.7. The molecule has 1 heterocycles. The van der Waals surface area contributed by atoms with E-state index in [0.717, 1.165) is 50.2 Å². The first-order valence-corrected chi connectivity index (χ1v) is 14.5. The predicted molar refractivity (Wildman–Crippen MR) is 161 cm³/mol. The van der Waals surface area contributed by atoms with Crippen LogP contribution >= 0.6 is 0 Å². The van der Waals surface area contributed by atoms with Crippen molar-refractivity contribution in [3.63, 3.8) is 0 Å². The van der Waals surface area contributed by atoms with Crippen LogP contribution < -0.4 is 19.2 Å². The van der Waals surface area contributed by atoms with Crippen LogP contribution in [0.4, 0.5) is 10.1 Å². The van der Waals surface area contributed by atoms with E-state index < -0.39 is 28.3 Å². The highest BCUT2D eigenvalue weighted by Crippen LogP contribution is 2.32. The molecule has 4 aromatic rings. The molecule has 0 radical (unpaired) electrons. The molecule has 0 fully saturated rings. The van der Waals surface area contributed by atoms with Gasteiger partial charge in [0.05, 0.1) is 31.0 Å². The van der Waals surface area contributed by atoms with Crippen molar-refractivity contribution in [2.45, 2.75) is 32.6 Å². The van der Waals surface area contributed by atoms with Crippen LogP contribution in [0.3, 0.4) is 0 Å². The number of ether oxygens (including phenoxy) is 2. The van der Waals surface area contributed by atoms with Crippen molar-refractivity contribution in [3.8, 4) is 17.2 Å². The molecular weight excluding hydrogens is 559 g/mol. The Labute approximate surface area is 245 Å². The van der Waals surface area contributed by atoms with Crippen LogP contribution in [0.25, 0.3) is 5.69 Å². The molecule has 220 valence electrons. The molecule has 42 heavy (non-hydrogen) atoms. The number of methoxy groups -OCH3 is 2. The van der Waals surface area contributed by atoms with Crippen LogP contribution in [0.1, 0.15) is 28.1 Å². The first-order chi connectivity index (χ1) is 20.0. The maximum Gasteiger partial charge on any atom is 0.264 e. The second-order valence-corrected chi connectivity index (χ2v) is 11.6. The van der Waals surface area contributed by atoms with E-state index in [9.17, 15) is 17.6 Å². The quantitative estimate of drug-likeness (QED) is 0.201. The summed E-state index contributed by atoms with van der Waals surface area (Å²) in [5.41, 5.74) is 8.56. The van der Waals surface area contributed by atoms with Gasteiger partial charge in [-0.15, -0.1) is 0 Å². The van der Waals surface area contributed by atoms with Gasteiger partial charge in [0.25, 0.3) is 15.9 Å². The topological polar surface area (TPSA) is 102 Å². The highest BCUT2D eigenvalue weighted by Gasteiger charge is 2.28. The SMILES string of the molecule is COc1ccc(S(=O)(=O)N(CC(=O)N/N=C\c2cc(C)n(-c3cc(C)ccc3C)c2C)c2ccc(F)cc2)cc1OC. The fraction of sp³-hybridized carbons (Fsp3) is 0.226. The number of benzene rings is 3. The normalized spacial score (nSPS) is 11.5. The predicted octanol–water partition coefficient (Wildman–Crippen LogP) is 5.21. The maximum absolute atomic E-state index is 13.7. The second kappa shape index (κ2) is 12.5. The lowest BCUT2D eigenvalue weighted by Crippen LogP contribution is -2.39. The van der Waals surface area contributed by atoms with Crippen LogP contribution in [-0.2, 0) is 14.8 Å². The van der Waals surface area contributed by atoms with Gasteiger partial charge in [-0.25, -0.2) is 18.2 Å². The number of anilines is 1. The summed E-state index contributed by atoms with van der Waals surface area (Å²) in [5, 5.41) is 4.10. The first-order valence-electron chi connectivity index (χ1n) is 13.0. The zero-order chi connectivity index (χ0) is 30.6. The van der Waals surface area contributed by atoms with Gasteiger partial charge in [-0.1, -0.05) is 12.1 Å². The first kappa shape index (κ1) is 30.3. The molecule has 0 atom stereocenters. The van der Waals surface area contributed by atoms with E-state index in [0.29, 0.717) is 5.75 Å². The van der Waals surface area contributed by atoms with Crippen LogP contribution in [0.5, 0.6) is 11.5 Å². The number of hydrogen-bond donors (Lipinski definition) is 1. The third-order valence-electron chi connectivity index (χ3n) is 6.81. The van der Waals surface area contributed by atoms with Crippen molar-refractivity contribution < 1.29 is 27.1 Å². The van der Waals surface area contributed by atoms with E-state index in [1.54, 1.807) is 0 Å². The van der Waals surface area contributed by atoms with Crippen LogP contribution in [0.2, 0.25) is 0 Å².